The van der Waals surface area contributed by atoms with Crippen LogP contribution in [0.5, 0.6) is 11.5 Å². The monoisotopic (exact) mass is 560 g/mol. The molecule has 0 radical (unpaired) electrons. The van der Waals surface area contributed by atoms with E-state index in [4.69, 9.17) is 21.3 Å². The topological polar surface area (TPSA) is 76.5 Å². The van der Waals surface area contributed by atoms with Crippen molar-refractivity contribution >= 4 is 32.7 Å². The highest BCUT2D eigenvalue weighted by Gasteiger charge is 2.19. The molecule has 200 valence electrons. The zero-order valence-corrected chi connectivity index (χ0v) is 23.3. The number of rotatable bonds is 10. The lowest BCUT2D eigenvalue weighted by molar-refractivity contribution is 0.412. The van der Waals surface area contributed by atoms with Gasteiger partial charge in [-0.1, -0.05) is 41.9 Å². The van der Waals surface area contributed by atoms with Gasteiger partial charge in [0.25, 0.3) is 0 Å². The summed E-state index contributed by atoms with van der Waals surface area (Å²) in [6.45, 7) is 1.52. The number of sulfonamides is 1. The van der Waals surface area contributed by atoms with Gasteiger partial charge in [0.1, 0.15) is 17.3 Å². The molecule has 0 saturated carbocycles. The van der Waals surface area contributed by atoms with Crippen molar-refractivity contribution < 1.29 is 13.2 Å². The standard InChI is InChI=1S/C30H29ClN4O3S/c1-34(2)19-18-32-39(36,37)27-16-17-29-28(20-27)33-30(35(29)21-22-6-4-3-5-7-22)23-8-12-25(13-9-23)38-26-14-10-24(31)11-15-26/h3-17,20,32H,18-19,21H2,1-2H3. The fourth-order valence-electron chi connectivity index (χ4n) is 4.22. The lowest BCUT2D eigenvalue weighted by Crippen LogP contribution is -2.31. The normalized spacial score (nSPS) is 11.8. The molecule has 4 aromatic carbocycles. The SMILES string of the molecule is CN(C)CCNS(=O)(=O)c1ccc2c(c1)nc(-c1ccc(Oc3ccc(Cl)cc3)cc1)n2Cc1ccccc1. The molecule has 0 amide bonds. The van der Waals surface area contributed by atoms with Gasteiger partial charge >= 0.3 is 0 Å². The number of hydrogen-bond acceptors (Lipinski definition) is 5. The summed E-state index contributed by atoms with van der Waals surface area (Å²) in [6, 6.07) is 30.1. The summed E-state index contributed by atoms with van der Waals surface area (Å²) < 4.78 is 36.6. The van der Waals surface area contributed by atoms with Crippen LogP contribution in [-0.2, 0) is 16.6 Å². The summed E-state index contributed by atoms with van der Waals surface area (Å²) in [5.74, 6) is 2.11. The minimum absolute atomic E-state index is 0.191. The van der Waals surface area contributed by atoms with Crippen LogP contribution in [0.4, 0.5) is 0 Å². The molecule has 1 aromatic heterocycles. The predicted octanol–water partition coefficient (Wildman–Crippen LogP) is 6.04. The van der Waals surface area contributed by atoms with E-state index in [-0.39, 0.29) is 4.90 Å². The Kier molecular flexibility index (Phi) is 7.99. The average molecular weight is 561 g/mol. The second kappa shape index (κ2) is 11.6. The molecule has 0 saturated heterocycles. The molecule has 5 aromatic rings. The lowest BCUT2D eigenvalue weighted by Gasteiger charge is -2.12. The van der Waals surface area contributed by atoms with E-state index in [2.05, 4.69) is 21.4 Å². The van der Waals surface area contributed by atoms with Crippen molar-refractivity contribution in [3.8, 4) is 22.9 Å². The van der Waals surface area contributed by atoms with Crippen molar-refractivity contribution in [3.63, 3.8) is 0 Å². The third kappa shape index (κ3) is 6.49. The van der Waals surface area contributed by atoms with Gasteiger partial charge in [-0.05, 0) is 86.4 Å². The predicted molar refractivity (Wildman–Crippen MR) is 156 cm³/mol. The molecule has 39 heavy (non-hydrogen) atoms. The van der Waals surface area contributed by atoms with Crippen molar-refractivity contribution in [2.45, 2.75) is 11.4 Å². The van der Waals surface area contributed by atoms with Crippen molar-refractivity contribution in [2.75, 3.05) is 27.2 Å². The Balaban J connectivity index is 1.50. The number of halogens is 1. The Morgan fingerprint density at radius 1 is 0.897 bits per heavy atom. The number of nitrogens with zero attached hydrogens (tertiary/aromatic N) is 3. The number of ether oxygens (including phenoxy) is 1. The molecular formula is C30H29ClN4O3S. The molecule has 0 unspecified atom stereocenters. The Labute approximate surface area is 233 Å². The smallest absolute Gasteiger partial charge is 0.240 e. The molecular weight excluding hydrogens is 532 g/mol. The molecule has 0 fully saturated rings. The van der Waals surface area contributed by atoms with E-state index in [0.29, 0.717) is 41.7 Å². The van der Waals surface area contributed by atoms with Crippen LogP contribution in [0.3, 0.4) is 0 Å². The van der Waals surface area contributed by atoms with Gasteiger partial charge in [0.05, 0.1) is 15.9 Å². The molecule has 9 heteroatoms. The van der Waals surface area contributed by atoms with Crippen LogP contribution in [0.25, 0.3) is 22.4 Å². The summed E-state index contributed by atoms with van der Waals surface area (Å²) in [5, 5.41) is 0.648. The summed E-state index contributed by atoms with van der Waals surface area (Å²) in [7, 11) is 0.137. The van der Waals surface area contributed by atoms with Crippen LogP contribution in [0, 0.1) is 0 Å². The molecule has 0 spiro atoms. The quantitative estimate of drug-likeness (QED) is 0.225. The number of imidazole rings is 1. The summed E-state index contributed by atoms with van der Waals surface area (Å²) in [6.07, 6.45) is 0. The van der Waals surface area contributed by atoms with Crippen LogP contribution in [0.1, 0.15) is 5.56 Å². The van der Waals surface area contributed by atoms with Gasteiger partial charge in [0.2, 0.25) is 10.0 Å². The molecule has 0 aliphatic heterocycles. The van der Waals surface area contributed by atoms with Crippen LogP contribution in [0.2, 0.25) is 5.02 Å². The zero-order valence-electron chi connectivity index (χ0n) is 21.7. The van der Waals surface area contributed by atoms with Gasteiger partial charge in [0, 0.05) is 30.2 Å². The first-order valence-corrected chi connectivity index (χ1v) is 14.4. The first-order chi connectivity index (χ1) is 18.8. The van der Waals surface area contributed by atoms with Gasteiger partial charge in [-0.25, -0.2) is 18.1 Å². The number of fused-ring (bicyclic) bond motifs is 1. The summed E-state index contributed by atoms with van der Waals surface area (Å²) in [4.78, 5) is 7.01. The van der Waals surface area contributed by atoms with Crippen molar-refractivity contribution in [1.82, 2.24) is 19.2 Å². The maximum absolute atomic E-state index is 12.9. The maximum atomic E-state index is 12.9. The van der Waals surface area contributed by atoms with Gasteiger partial charge in [-0.2, -0.15) is 0 Å². The molecule has 1 N–H and O–H groups in total. The number of nitrogens with one attached hydrogen (secondary N) is 1. The largest absolute Gasteiger partial charge is 0.457 e. The van der Waals surface area contributed by atoms with E-state index >= 15 is 0 Å². The van der Waals surface area contributed by atoms with Crippen LogP contribution >= 0.6 is 11.6 Å². The van der Waals surface area contributed by atoms with Crippen LogP contribution in [0.15, 0.2) is 102 Å². The average Bonchev–Trinajstić information content (AvgIpc) is 3.28. The third-order valence-corrected chi connectivity index (χ3v) is 7.94. The first-order valence-electron chi connectivity index (χ1n) is 12.5. The van der Waals surface area contributed by atoms with E-state index in [1.807, 2.05) is 79.7 Å². The van der Waals surface area contributed by atoms with Gasteiger partial charge in [0.15, 0.2) is 0 Å². The minimum atomic E-state index is -3.66. The molecule has 0 atom stereocenters. The Hall–Kier alpha value is -3.69. The fraction of sp³-hybridized carbons (Fsp3) is 0.167. The number of hydrogen-bond donors (Lipinski definition) is 1. The number of benzene rings is 4. The van der Waals surface area contributed by atoms with Crippen molar-refractivity contribution in [2.24, 2.45) is 0 Å². The highest BCUT2D eigenvalue weighted by molar-refractivity contribution is 7.89. The minimum Gasteiger partial charge on any atom is -0.457 e. The number of aromatic nitrogens is 2. The molecule has 0 aliphatic carbocycles. The van der Waals surface area contributed by atoms with Crippen molar-refractivity contribution in [3.05, 3.63) is 108 Å². The Bertz CT molecular complexity index is 1670. The fourth-order valence-corrected chi connectivity index (χ4v) is 5.39. The molecule has 1 heterocycles. The first kappa shape index (κ1) is 26.9. The number of likely N-dealkylation sites (N-methyl/N-ethyl adjacent to an activating group) is 1. The van der Waals surface area contributed by atoms with Crippen molar-refractivity contribution in [1.29, 1.82) is 0 Å². The highest BCUT2D eigenvalue weighted by Crippen LogP contribution is 2.30. The molecule has 5 rings (SSSR count). The zero-order chi connectivity index (χ0) is 27.4. The van der Waals surface area contributed by atoms with E-state index in [1.54, 1.807) is 24.3 Å². The van der Waals surface area contributed by atoms with Gasteiger partial charge < -0.3 is 14.2 Å². The van der Waals surface area contributed by atoms with Crippen LogP contribution in [-0.4, -0.2) is 50.1 Å². The summed E-state index contributed by atoms with van der Waals surface area (Å²) in [5.41, 5.74) is 3.46. The maximum Gasteiger partial charge on any atom is 0.240 e. The summed E-state index contributed by atoms with van der Waals surface area (Å²) >= 11 is 5.97. The highest BCUT2D eigenvalue weighted by atomic mass is 35.5. The third-order valence-electron chi connectivity index (χ3n) is 6.23. The van der Waals surface area contributed by atoms with E-state index < -0.39 is 10.0 Å². The van der Waals surface area contributed by atoms with Gasteiger partial charge in [-0.3, -0.25) is 0 Å². The van der Waals surface area contributed by atoms with Gasteiger partial charge in [-0.15, -0.1) is 0 Å². The van der Waals surface area contributed by atoms with E-state index in [9.17, 15) is 8.42 Å². The second-order valence-electron chi connectivity index (χ2n) is 9.44. The van der Waals surface area contributed by atoms with E-state index in [0.717, 1.165) is 22.5 Å². The Morgan fingerprint density at radius 2 is 1.56 bits per heavy atom. The molecule has 7 nitrogen and oxygen atoms in total. The lowest BCUT2D eigenvalue weighted by atomic mass is 10.2. The van der Waals surface area contributed by atoms with E-state index in [1.165, 1.54) is 0 Å². The van der Waals surface area contributed by atoms with Crippen LogP contribution < -0.4 is 9.46 Å². The molecule has 0 aliphatic rings. The molecule has 0 bridgehead atoms. The Morgan fingerprint density at radius 3 is 2.23 bits per heavy atom. The second-order valence-corrected chi connectivity index (χ2v) is 11.6.